The second-order valence-corrected chi connectivity index (χ2v) is 6.37. The van der Waals surface area contributed by atoms with Crippen LogP contribution in [0.5, 0.6) is 0 Å². The van der Waals surface area contributed by atoms with Crippen LogP contribution in [0.3, 0.4) is 0 Å². The Labute approximate surface area is 123 Å². The van der Waals surface area contributed by atoms with Crippen LogP contribution in [-0.4, -0.2) is 13.5 Å². The van der Waals surface area contributed by atoms with E-state index >= 15 is 0 Å². The molecule has 0 fully saturated rings. The molecule has 0 spiro atoms. The first-order valence-electron chi connectivity index (χ1n) is 5.96. The second kappa shape index (κ2) is 6.37. The molecule has 106 valence electrons. The molecule has 0 radical (unpaired) electrons. The maximum absolute atomic E-state index is 12.1. The highest BCUT2D eigenvalue weighted by molar-refractivity contribution is 7.89. The average Bonchev–Trinajstić information content (AvgIpc) is 2.46. The molecule has 0 aliphatic heterocycles. The summed E-state index contributed by atoms with van der Waals surface area (Å²) in [7, 11) is -3.64. The van der Waals surface area contributed by atoms with E-state index in [1.54, 1.807) is 36.4 Å². The number of aliphatic hydroxyl groups excluding tert-OH is 1. The minimum absolute atomic E-state index is 0.0361. The topological polar surface area (TPSA) is 66.4 Å². The van der Waals surface area contributed by atoms with E-state index < -0.39 is 10.0 Å². The molecule has 0 saturated heterocycles. The summed E-state index contributed by atoms with van der Waals surface area (Å²) in [4.78, 5) is 0.0636. The molecule has 0 unspecified atom stereocenters. The summed E-state index contributed by atoms with van der Waals surface area (Å²) in [5.41, 5.74) is 1.58. The van der Waals surface area contributed by atoms with Crippen molar-refractivity contribution in [2.75, 3.05) is 0 Å². The van der Waals surface area contributed by atoms with Crippen LogP contribution in [0.25, 0.3) is 0 Å². The highest BCUT2D eigenvalue weighted by Crippen LogP contribution is 2.20. The molecule has 20 heavy (non-hydrogen) atoms. The van der Waals surface area contributed by atoms with E-state index in [1.165, 1.54) is 12.1 Å². The third-order valence-electron chi connectivity index (χ3n) is 2.80. The highest BCUT2D eigenvalue weighted by atomic mass is 35.5. The quantitative estimate of drug-likeness (QED) is 0.890. The molecule has 0 heterocycles. The van der Waals surface area contributed by atoms with Crippen molar-refractivity contribution in [1.82, 2.24) is 4.72 Å². The molecule has 4 nitrogen and oxygen atoms in total. The summed E-state index contributed by atoms with van der Waals surface area (Å²) >= 11 is 5.88. The zero-order chi connectivity index (χ0) is 14.6. The summed E-state index contributed by atoms with van der Waals surface area (Å²) < 4.78 is 26.7. The lowest BCUT2D eigenvalue weighted by molar-refractivity contribution is 0.282. The molecule has 0 aliphatic rings. The Kier molecular flexibility index (Phi) is 4.77. The Morgan fingerprint density at radius 1 is 1.00 bits per heavy atom. The predicted molar refractivity (Wildman–Crippen MR) is 77.8 cm³/mol. The molecule has 0 bridgehead atoms. The van der Waals surface area contributed by atoms with Crippen molar-refractivity contribution in [3.8, 4) is 0 Å². The fraction of sp³-hybridized carbons (Fsp3) is 0.143. The zero-order valence-corrected chi connectivity index (χ0v) is 12.2. The summed E-state index contributed by atoms with van der Waals surface area (Å²) in [5.74, 6) is 0. The molecule has 2 N–H and O–H groups in total. The van der Waals surface area contributed by atoms with Crippen LogP contribution < -0.4 is 4.72 Å². The maximum Gasteiger partial charge on any atom is 0.242 e. The summed E-state index contributed by atoms with van der Waals surface area (Å²) in [6.07, 6.45) is 0. The lowest BCUT2D eigenvalue weighted by Gasteiger charge is -2.08. The van der Waals surface area contributed by atoms with Crippen molar-refractivity contribution in [1.29, 1.82) is 0 Å². The van der Waals surface area contributed by atoms with Crippen LogP contribution in [-0.2, 0) is 23.2 Å². The third-order valence-corrected chi connectivity index (χ3v) is 4.70. The van der Waals surface area contributed by atoms with Gasteiger partial charge in [0.25, 0.3) is 0 Å². The molecule has 2 rings (SSSR count). The lowest BCUT2D eigenvalue weighted by Crippen LogP contribution is -2.23. The summed E-state index contributed by atoms with van der Waals surface area (Å²) in [6.45, 7) is 0.130. The molecule has 0 saturated carbocycles. The van der Waals surface area contributed by atoms with Crippen molar-refractivity contribution in [2.45, 2.75) is 18.0 Å². The Morgan fingerprint density at radius 3 is 2.20 bits per heavy atom. The Balaban J connectivity index is 2.11. The number of hydrogen-bond acceptors (Lipinski definition) is 3. The zero-order valence-electron chi connectivity index (χ0n) is 10.6. The summed E-state index contributed by atoms with van der Waals surface area (Å²) in [5, 5.41) is 9.13. The first-order chi connectivity index (χ1) is 9.53. The third kappa shape index (κ3) is 3.58. The summed E-state index contributed by atoms with van der Waals surface area (Å²) in [6, 6.07) is 13.3. The van der Waals surface area contributed by atoms with Gasteiger partial charge in [-0.1, -0.05) is 48.0 Å². The first kappa shape index (κ1) is 15.0. The minimum Gasteiger partial charge on any atom is -0.392 e. The van der Waals surface area contributed by atoms with E-state index in [2.05, 4.69) is 4.72 Å². The van der Waals surface area contributed by atoms with Gasteiger partial charge in [0, 0.05) is 6.54 Å². The number of aliphatic hydroxyl groups is 1. The van der Waals surface area contributed by atoms with Gasteiger partial charge in [0.15, 0.2) is 0 Å². The van der Waals surface area contributed by atoms with E-state index in [0.717, 1.165) is 11.1 Å². The van der Waals surface area contributed by atoms with Crippen LogP contribution in [0.4, 0.5) is 0 Å². The van der Waals surface area contributed by atoms with Crippen molar-refractivity contribution < 1.29 is 13.5 Å². The fourth-order valence-corrected chi connectivity index (χ4v) is 3.22. The van der Waals surface area contributed by atoms with Crippen LogP contribution in [0.15, 0.2) is 53.4 Å². The number of rotatable bonds is 5. The number of hydrogen-bond donors (Lipinski definition) is 2. The van der Waals surface area contributed by atoms with E-state index in [9.17, 15) is 8.42 Å². The van der Waals surface area contributed by atoms with Crippen LogP contribution >= 0.6 is 11.6 Å². The normalized spacial score (nSPS) is 11.5. The molecule has 0 atom stereocenters. The van der Waals surface area contributed by atoms with Gasteiger partial charge in [-0.15, -0.1) is 0 Å². The minimum atomic E-state index is -3.64. The van der Waals surface area contributed by atoms with Gasteiger partial charge >= 0.3 is 0 Å². The van der Waals surface area contributed by atoms with Crippen molar-refractivity contribution >= 4 is 21.6 Å². The number of sulfonamides is 1. The molecule has 0 aliphatic carbocycles. The van der Waals surface area contributed by atoms with Crippen molar-refractivity contribution in [2.24, 2.45) is 0 Å². The standard InChI is InChI=1S/C14H14ClNO3S/c15-13-3-1-2-4-14(13)20(18,19)16-9-11-5-7-12(10-17)8-6-11/h1-8,16-17H,9-10H2. The molecular formula is C14H14ClNO3S. The Bertz CT molecular complexity index is 684. The fourth-order valence-electron chi connectivity index (χ4n) is 1.68. The molecule has 0 amide bonds. The van der Waals surface area contributed by atoms with Crippen LogP contribution in [0.2, 0.25) is 5.02 Å². The number of nitrogens with one attached hydrogen (secondary N) is 1. The number of halogens is 1. The molecule has 2 aromatic rings. The van der Waals surface area contributed by atoms with E-state index in [0.29, 0.717) is 0 Å². The largest absolute Gasteiger partial charge is 0.392 e. The first-order valence-corrected chi connectivity index (χ1v) is 7.82. The maximum atomic E-state index is 12.1. The van der Waals surface area contributed by atoms with Gasteiger partial charge in [-0.25, -0.2) is 13.1 Å². The molecular weight excluding hydrogens is 298 g/mol. The highest BCUT2D eigenvalue weighted by Gasteiger charge is 2.16. The molecule has 2 aromatic carbocycles. The Hall–Kier alpha value is -1.40. The number of benzene rings is 2. The van der Waals surface area contributed by atoms with Crippen LogP contribution in [0.1, 0.15) is 11.1 Å². The van der Waals surface area contributed by atoms with Gasteiger partial charge in [-0.2, -0.15) is 0 Å². The van der Waals surface area contributed by atoms with Gasteiger partial charge in [-0.05, 0) is 23.3 Å². The van der Waals surface area contributed by atoms with Gasteiger partial charge in [0.1, 0.15) is 4.90 Å². The van der Waals surface area contributed by atoms with Gasteiger partial charge < -0.3 is 5.11 Å². The van der Waals surface area contributed by atoms with Crippen LogP contribution in [0, 0.1) is 0 Å². The monoisotopic (exact) mass is 311 g/mol. The van der Waals surface area contributed by atoms with Crippen molar-refractivity contribution in [3.63, 3.8) is 0 Å². The molecule has 6 heteroatoms. The van der Waals surface area contributed by atoms with E-state index in [4.69, 9.17) is 16.7 Å². The SMILES string of the molecule is O=S(=O)(NCc1ccc(CO)cc1)c1ccccc1Cl. The lowest BCUT2D eigenvalue weighted by atomic mass is 10.1. The van der Waals surface area contributed by atoms with Gasteiger partial charge in [0.2, 0.25) is 10.0 Å². The smallest absolute Gasteiger partial charge is 0.242 e. The van der Waals surface area contributed by atoms with E-state index in [1.807, 2.05) is 0 Å². The van der Waals surface area contributed by atoms with Crippen molar-refractivity contribution in [3.05, 3.63) is 64.7 Å². The second-order valence-electron chi connectivity index (χ2n) is 4.23. The Morgan fingerprint density at radius 2 is 1.60 bits per heavy atom. The molecule has 0 aromatic heterocycles. The predicted octanol–water partition coefficient (Wildman–Crippen LogP) is 2.31. The van der Waals surface area contributed by atoms with Gasteiger partial charge in [0.05, 0.1) is 11.6 Å². The van der Waals surface area contributed by atoms with Gasteiger partial charge in [-0.3, -0.25) is 0 Å². The van der Waals surface area contributed by atoms with E-state index in [-0.39, 0.29) is 23.1 Å². The average molecular weight is 312 g/mol.